The van der Waals surface area contributed by atoms with Crippen molar-refractivity contribution in [1.29, 1.82) is 0 Å². The van der Waals surface area contributed by atoms with Gasteiger partial charge in [0.1, 0.15) is 5.65 Å². The van der Waals surface area contributed by atoms with Gasteiger partial charge in [-0.05, 0) is 17.7 Å². The lowest BCUT2D eigenvalue weighted by molar-refractivity contribution is 0.112. The molecule has 3 rings (SSSR count). The lowest BCUT2D eigenvalue weighted by atomic mass is 10.1. The smallest absolute Gasteiger partial charge is 0.150 e. The maximum atomic E-state index is 10.9. The van der Waals surface area contributed by atoms with E-state index in [1.165, 1.54) is 0 Å². The first-order valence-corrected chi connectivity index (χ1v) is 5.37. The molecule has 3 aromatic rings. The molecule has 0 aliphatic carbocycles. The molecule has 0 saturated heterocycles. The number of hydrogen-bond donors (Lipinski definition) is 1. The lowest BCUT2D eigenvalue weighted by Gasteiger charge is -1.94. The van der Waals surface area contributed by atoms with Crippen LogP contribution in [0.25, 0.3) is 22.3 Å². The molecule has 1 N–H and O–H groups in total. The Labute approximate surface area is 98.1 Å². The van der Waals surface area contributed by atoms with Gasteiger partial charge in [-0.15, -0.1) is 0 Å². The summed E-state index contributed by atoms with van der Waals surface area (Å²) >= 11 is 0. The number of aromatic amines is 1. The van der Waals surface area contributed by atoms with Crippen molar-refractivity contribution < 1.29 is 4.79 Å². The van der Waals surface area contributed by atoms with Crippen molar-refractivity contribution in [2.45, 2.75) is 0 Å². The summed E-state index contributed by atoms with van der Waals surface area (Å²) in [5.41, 5.74) is 3.46. The normalized spacial score (nSPS) is 10.6. The van der Waals surface area contributed by atoms with Gasteiger partial charge in [-0.2, -0.15) is 0 Å². The van der Waals surface area contributed by atoms with Gasteiger partial charge < -0.3 is 4.98 Å². The minimum Gasteiger partial charge on any atom is -0.339 e. The molecule has 0 bridgehead atoms. The number of hydrogen-bond acceptors (Lipinski definition) is 2. The Morgan fingerprint density at radius 3 is 2.71 bits per heavy atom. The van der Waals surface area contributed by atoms with E-state index in [1.54, 1.807) is 12.3 Å². The van der Waals surface area contributed by atoms with Gasteiger partial charge in [0.15, 0.2) is 6.29 Å². The van der Waals surface area contributed by atoms with Crippen molar-refractivity contribution in [2.75, 3.05) is 0 Å². The fourth-order valence-electron chi connectivity index (χ4n) is 1.92. The predicted octanol–water partition coefficient (Wildman–Crippen LogP) is 3.04. The number of fused-ring (bicyclic) bond motifs is 1. The van der Waals surface area contributed by atoms with Crippen molar-refractivity contribution in [1.82, 2.24) is 9.97 Å². The number of H-pyrrole nitrogens is 1. The second-order valence-corrected chi connectivity index (χ2v) is 3.83. The highest BCUT2D eigenvalue weighted by Gasteiger charge is 2.06. The van der Waals surface area contributed by atoms with Crippen molar-refractivity contribution in [3.63, 3.8) is 0 Å². The van der Waals surface area contributed by atoms with E-state index in [0.29, 0.717) is 5.56 Å². The Morgan fingerprint density at radius 2 is 1.94 bits per heavy atom. The molecule has 17 heavy (non-hydrogen) atoms. The molecule has 0 amide bonds. The van der Waals surface area contributed by atoms with Crippen LogP contribution in [0.1, 0.15) is 10.4 Å². The highest BCUT2D eigenvalue weighted by atomic mass is 16.1. The maximum absolute atomic E-state index is 10.9. The topological polar surface area (TPSA) is 45.8 Å². The molecule has 2 heterocycles. The quantitative estimate of drug-likeness (QED) is 0.677. The van der Waals surface area contributed by atoms with Crippen molar-refractivity contribution in [3.05, 3.63) is 54.2 Å². The number of carbonyl (C=O) groups is 1. The number of aromatic nitrogens is 2. The highest BCUT2D eigenvalue weighted by Crippen LogP contribution is 2.24. The molecule has 3 heteroatoms. The maximum Gasteiger partial charge on any atom is 0.150 e. The Bertz CT molecular complexity index is 671. The molecule has 0 fully saturated rings. The van der Waals surface area contributed by atoms with Crippen LogP contribution in [0.15, 0.2) is 48.7 Å². The van der Waals surface area contributed by atoms with Gasteiger partial charge in [-0.3, -0.25) is 4.79 Å². The van der Waals surface area contributed by atoms with Gasteiger partial charge in [0, 0.05) is 22.8 Å². The molecule has 0 saturated carbocycles. The van der Waals surface area contributed by atoms with Crippen LogP contribution < -0.4 is 0 Å². The molecule has 2 aromatic heterocycles. The molecule has 0 unspecified atom stereocenters. The van der Waals surface area contributed by atoms with E-state index in [1.807, 2.05) is 36.4 Å². The summed E-state index contributed by atoms with van der Waals surface area (Å²) in [6.07, 6.45) is 2.49. The van der Waals surface area contributed by atoms with Crippen LogP contribution in [0.5, 0.6) is 0 Å². The van der Waals surface area contributed by atoms with Crippen molar-refractivity contribution in [3.8, 4) is 11.3 Å². The summed E-state index contributed by atoms with van der Waals surface area (Å²) < 4.78 is 0. The third kappa shape index (κ3) is 1.61. The van der Waals surface area contributed by atoms with E-state index in [0.717, 1.165) is 28.6 Å². The summed E-state index contributed by atoms with van der Waals surface area (Å²) in [7, 11) is 0. The zero-order valence-electron chi connectivity index (χ0n) is 9.05. The number of carbonyl (C=O) groups excluding carboxylic acids is 1. The number of benzene rings is 1. The third-order valence-electron chi connectivity index (χ3n) is 2.78. The Balaban J connectivity index is 2.24. The molecule has 82 valence electrons. The van der Waals surface area contributed by atoms with E-state index in [9.17, 15) is 4.79 Å². The average molecular weight is 222 g/mol. The highest BCUT2D eigenvalue weighted by molar-refractivity contribution is 5.97. The first-order chi connectivity index (χ1) is 8.38. The van der Waals surface area contributed by atoms with Gasteiger partial charge in [-0.25, -0.2) is 4.98 Å². The van der Waals surface area contributed by atoms with Gasteiger partial charge in [0.25, 0.3) is 0 Å². The van der Waals surface area contributed by atoms with E-state index in [2.05, 4.69) is 9.97 Å². The fourth-order valence-corrected chi connectivity index (χ4v) is 1.92. The summed E-state index contributed by atoms with van der Waals surface area (Å²) in [6, 6.07) is 13.7. The van der Waals surface area contributed by atoms with Crippen LogP contribution in [0, 0.1) is 0 Å². The van der Waals surface area contributed by atoms with Gasteiger partial charge in [0.05, 0.1) is 0 Å². The third-order valence-corrected chi connectivity index (χ3v) is 2.78. The molecule has 3 nitrogen and oxygen atoms in total. The number of pyridine rings is 1. The average Bonchev–Trinajstić information content (AvgIpc) is 2.83. The molecule has 0 atom stereocenters. The van der Waals surface area contributed by atoms with Crippen LogP contribution in [0.3, 0.4) is 0 Å². The van der Waals surface area contributed by atoms with Gasteiger partial charge in [-0.1, -0.05) is 30.3 Å². The van der Waals surface area contributed by atoms with Crippen LogP contribution in [0.2, 0.25) is 0 Å². The second kappa shape index (κ2) is 3.87. The van der Waals surface area contributed by atoms with Crippen molar-refractivity contribution in [2.24, 2.45) is 0 Å². The molecule has 1 aromatic carbocycles. The summed E-state index contributed by atoms with van der Waals surface area (Å²) in [6.45, 7) is 0. The zero-order chi connectivity index (χ0) is 11.7. The molecule has 0 spiro atoms. The molecule has 0 aliphatic rings. The Hall–Kier alpha value is -2.42. The van der Waals surface area contributed by atoms with E-state index >= 15 is 0 Å². The zero-order valence-corrected chi connectivity index (χ0v) is 9.05. The Morgan fingerprint density at radius 1 is 1.12 bits per heavy atom. The minimum absolute atomic E-state index is 0.661. The Kier molecular flexibility index (Phi) is 2.22. The first-order valence-electron chi connectivity index (χ1n) is 5.37. The van der Waals surface area contributed by atoms with Gasteiger partial charge >= 0.3 is 0 Å². The lowest BCUT2D eigenvalue weighted by Crippen LogP contribution is -1.82. The summed E-state index contributed by atoms with van der Waals surface area (Å²) in [4.78, 5) is 18.4. The molecule has 0 radical (unpaired) electrons. The van der Waals surface area contributed by atoms with Gasteiger partial charge in [0.2, 0.25) is 0 Å². The summed E-state index contributed by atoms with van der Waals surface area (Å²) in [5, 5.41) is 0.862. The number of aldehydes is 1. The minimum atomic E-state index is 0.661. The van der Waals surface area contributed by atoms with Crippen LogP contribution in [-0.2, 0) is 0 Å². The SMILES string of the molecule is O=Cc1ccnc2[nH]c(-c3ccccc3)cc12. The van der Waals surface area contributed by atoms with Crippen LogP contribution in [0.4, 0.5) is 0 Å². The monoisotopic (exact) mass is 222 g/mol. The second-order valence-electron chi connectivity index (χ2n) is 3.83. The van der Waals surface area contributed by atoms with E-state index in [-0.39, 0.29) is 0 Å². The number of nitrogens with one attached hydrogen (secondary N) is 1. The first kappa shape index (κ1) is 9.78. The van der Waals surface area contributed by atoms with Crippen molar-refractivity contribution >= 4 is 17.3 Å². The largest absolute Gasteiger partial charge is 0.339 e. The standard InChI is InChI=1S/C14H10N2O/c17-9-11-6-7-15-14-12(11)8-13(16-14)10-4-2-1-3-5-10/h1-9H,(H,15,16). The molecule has 0 aliphatic heterocycles. The fraction of sp³-hybridized carbons (Fsp3) is 0. The number of nitrogens with zero attached hydrogens (tertiary/aromatic N) is 1. The molecular weight excluding hydrogens is 212 g/mol. The molecular formula is C14H10N2O. The van der Waals surface area contributed by atoms with Crippen LogP contribution >= 0.6 is 0 Å². The van der Waals surface area contributed by atoms with E-state index < -0.39 is 0 Å². The van der Waals surface area contributed by atoms with E-state index in [4.69, 9.17) is 0 Å². The predicted molar refractivity (Wildman–Crippen MR) is 66.9 cm³/mol. The summed E-state index contributed by atoms with van der Waals surface area (Å²) in [5.74, 6) is 0. The van der Waals surface area contributed by atoms with Crippen LogP contribution in [-0.4, -0.2) is 16.3 Å². The number of rotatable bonds is 2.